The average molecular weight is 389 g/mol. The first-order valence-corrected chi connectivity index (χ1v) is 8.48. The molecule has 2 aliphatic rings. The molecule has 0 bridgehead atoms. The van der Waals surface area contributed by atoms with Gasteiger partial charge >= 0.3 is 0 Å². The maximum Gasteiger partial charge on any atom is 0.227 e. The zero-order valence-corrected chi connectivity index (χ0v) is 15.0. The molecule has 2 aliphatic heterocycles. The van der Waals surface area contributed by atoms with Gasteiger partial charge in [0.25, 0.3) is 0 Å². The number of likely N-dealkylation sites (tertiary alicyclic amines) is 1. The quantitative estimate of drug-likeness (QED) is 0.859. The highest BCUT2D eigenvalue weighted by Crippen LogP contribution is 2.18. The Bertz CT molecular complexity index is 491. The summed E-state index contributed by atoms with van der Waals surface area (Å²) in [5.74, 6) is 0.259. The van der Waals surface area contributed by atoms with Crippen LogP contribution in [0, 0.1) is 0 Å². The third-order valence-electron chi connectivity index (χ3n) is 4.45. The number of piperazine rings is 1. The van der Waals surface area contributed by atoms with Crippen molar-refractivity contribution < 1.29 is 4.79 Å². The lowest BCUT2D eigenvalue weighted by Gasteiger charge is -2.32. The Morgan fingerprint density at radius 2 is 1.86 bits per heavy atom. The number of nitrogens with one attached hydrogen (secondary N) is 1. The van der Waals surface area contributed by atoms with E-state index in [-0.39, 0.29) is 18.3 Å². The zero-order valence-electron chi connectivity index (χ0n) is 12.6. The molecule has 2 fully saturated rings. The second-order valence-corrected chi connectivity index (χ2v) is 6.79. The predicted molar refractivity (Wildman–Crippen MR) is 94.5 cm³/mol. The molecule has 0 aromatic heterocycles. The molecule has 1 amide bonds. The SMILES string of the molecule is Cl.O=C(Cc1ccc(Br)cc1)N1CCC(N2CCNCC2)C1. The smallest absolute Gasteiger partial charge is 0.227 e. The van der Waals surface area contributed by atoms with Crippen LogP contribution in [0.15, 0.2) is 28.7 Å². The molecule has 2 heterocycles. The molecule has 2 saturated heterocycles. The second-order valence-electron chi connectivity index (χ2n) is 5.87. The van der Waals surface area contributed by atoms with E-state index in [1.807, 2.05) is 29.2 Å². The molecule has 1 aromatic rings. The minimum atomic E-state index is 0. The molecule has 0 saturated carbocycles. The first-order chi connectivity index (χ1) is 10.2. The first-order valence-electron chi connectivity index (χ1n) is 7.69. The van der Waals surface area contributed by atoms with Crippen LogP contribution < -0.4 is 5.32 Å². The van der Waals surface area contributed by atoms with Crippen molar-refractivity contribution in [2.45, 2.75) is 18.9 Å². The van der Waals surface area contributed by atoms with E-state index >= 15 is 0 Å². The fourth-order valence-corrected chi connectivity index (χ4v) is 3.47. The van der Waals surface area contributed by atoms with Crippen molar-refractivity contribution >= 4 is 34.2 Å². The van der Waals surface area contributed by atoms with Crippen LogP contribution in [0.2, 0.25) is 0 Å². The van der Waals surface area contributed by atoms with Crippen LogP contribution in [0.1, 0.15) is 12.0 Å². The molecule has 0 radical (unpaired) electrons. The van der Waals surface area contributed by atoms with Crippen molar-refractivity contribution in [3.05, 3.63) is 34.3 Å². The van der Waals surface area contributed by atoms with Crippen LogP contribution >= 0.6 is 28.3 Å². The molecular formula is C16H23BrClN3O. The van der Waals surface area contributed by atoms with E-state index in [2.05, 4.69) is 26.1 Å². The van der Waals surface area contributed by atoms with Crippen molar-refractivity contribution in [3.63, 3.8) is 0 Å². The summed E-state index contributed by atoms with van der Waals surface area (Å²) in [6, 6.07) is 8.59. The lowest BCUT2D eigenvalue weighted by Crippen LogP contribution is -2.49. The average Bonchev–Trinajstić information content (AvgIpc) is 3.00. The molecule has 0 spiro atoms. The number of benzene rings is 1. The first kappa shape index (κ1) is 17.7. The number of hydrogen-bond donors (Lipinski definition) is 1. The molecule has 6 heteroatoms. The standard InChI is InChI=1S/C16H22BrN3O.ClH/c17-14-3-1-13(2-4-14)11-16(21)20-8-5-15(12-20)19-9-6-18-7-10-19;/h1-4,15,18H,5-12H2;1H. The monoisotopic (exact) mass is 387 g/mol. The Balaban J connectivity index is 0.00000176. The predicted octanol–water partition coefficient (Wildman–Crippen LogP) is 1.92. The van der Waals surface area contributed by atoms with E-state index in [9.17, 15) is 4.79 Å². The zero-order chi connectivity index (χ0) is 14.7. The summed E-state index contributed by atoms with van der Waals surface area (Å²) < 4.78 is 1.05. The second kappa shape index (κ2) is 8.29. The lowest BCUT2D eigenvalue weighted by molar-refractivity contribution is -0.129. The highest BCUT2D eigenvalue weighted by atomic mass is 79.9. The molecule has 4 nitrogen and oxygen atoms in total. The van der Waals surface area contributed by atoms with Crippen LogP contribution in [-0.4, -0.2) is 61.0 Å². The summed E-state index contributed by atoms with van der Waals surface area (Å²) in [7, 11) is 0. The van der Waals surface area contributed by atoms with E-state index in [4.69, 9.17) is 0 Å². The summed E-state index contributed by atoms with van der Waals surface area (Å²) in [4.78, 5) is 17.0. The van der Waals surface area contributed by atoms with E-state index in [0.29, 0.717) is 12.5 Å². The van der Waals surface area contributed by atoms with Gasteiger partial charge in [-0.3, -0.25) is 9.69 Å². The van der Waals surface area contributed by atoms with E-state index in [0.717, 1.165) is 55.7 Å². The minimum absolute atomic E-state index is 0. The third kappa shape index (κ3) is 4.44. The van der Waals surface area contributed by atoms with Gasteiger partial charge in [0.1, 0.15) is 0 Å². The van der Waals surface area contributed by atoms with E-state index < -0.39 is 0 Å². The number of amides is 1. The Labute approximate surface area is 146 Å². The summed E-state index contributed by atoms with van der Waals surface area (Å²) in [5, 5.41) is 3.38. The van der Waals surface area contributed by atoms with Gasteiger partial charge in [0, 0.05) is 49.8 Å². The summed E-state index contributed by atoms with van der Waals surface area (Å²) in [6.45, 7) is 6.17. The maximum atomic E-state index is 12.4. The molecule has 0 aliphatic carbocycles. The Kier molecular flexibility index (Phi) is 6.68. The van der Waals surface area contributed by atoms with Gasteiger partial charge in [-0.15, -0.1) is 12.4 Å². The molecule has 1 aromatic carbocycles. The lowest BCUT2D eigenvalue weighted by atomic mass is 10.1. The Morgan fingerprint density at radius 3 is 2.55 bits per heavy atom. The number of hydrogen-bond acceptors (Lipinski definition) is 3. The summed E-state index contributed by atoms with van der Waals surface area (Å²) in [5.41, 5.74) is 1.09. The van der Waals surface area contributed by atoms with Crippen LogP contribution in [0.3, 0.4) is 0 Å². The van der Waals surface area contributed by atoms with E-state index in [1.54, 1.807) is 0 Å². The largest absolute Gasteiger partial charge is 0.341 e. The highest BCUT2D eigenvalue weighted by Gasteiger charge is 2.30. The number of carbonyl (C=O) groups excluding carboxylic acids is 1. The van der Waals surface area contributed by atoms with Crippen molar-refractivity contribution in [1.82, 2.24) is 15.1 Å². The Hall–Kier alpha value is -0.620. The molecule has 122 valence electrons. The highest BCUT2D eigenvalue weighted by molar-refractivity contribution is 9.10. The van der Waals surface area contributed by atoms with Gasteiger partial charge in [0.2, 0.25) is 5.91 Å². The van der Waals surface area contributed by atoms with Crippen molar-refractivity contribution in [2.75, 3.05) is 39.3 Å². The van der Waals surface area contributed by atoms with Crippen molar-refractivity contribution in [1.29, 1.82) is 0 Å². The topological polar surface area (TPSA) is 35.6 Å². The normalized spacial score (nSPS) is 22.4. The maximum absolute atomic E-state index is 12.4. The van der Waals surface area contributed by atoms with Crippen LogP contribution in [0.5, 0.6) is 0 Å². The summed E-state index contributed by atoms with van der Waals surface area (Å²) >= 11 is 3.42. The number of carbonyl (C=O) groups is 1. The molecule has 3 rings (SSSR count). The fraction of sp³-hybridized carbons (Fsp3) is 0.562. The number of rotatable bonds is 3. The molecule has 1 N–H and O–H groups in total. The number of halogens is 2. The number of nitrogens with zero attached hydrogens (tertiary/aromatic N) is 2. The van der Waals surface area contributed by atoms with Gasteiger partial charge in [-0.2, -0.15) is 0 Å². The summed E-state index contributed by atoms with van der Waals surface area (Å²) in [6.07, 6.45) is 1.63. The van der Waals surface area contributed by atoms with Crippen LogP contribution in [0.25, 0.3) is 0 Å². The van der Waals surface area contributed by atoms with Gasteiger partial charge in [0.05, 0.1) is 6.42 Å². The van der Waals surface area contributed by atoms with Gasteiger partial charge in [-0.05, 0) is 24.1 Å². The van der Waals surface area contributed by atoms with Crippen LogP contribution in [-0.2, 0) is 11.2 Å². The Morgan fingerprint density at radius 1 is 1.18 bits per heavy atom. The van der Waals surface area contributed by atoms with Gasteiger partial charge < -0.3 is 10.2 Å². The van der Waals surface area contributed by atoms with Gasteiger partial charge in [-0.1, -0.05) is 28.1 Å². The molecule has 1 unspecified atom stereocenters. The third-order valence-corrected chi connectivity index (χ3v) is 4.98. The van der Waals surface area contributed by atoms with Crippen LogP contribution in [0.4, 0.5) is 0 Å². The van der Waals surface area contributed by atoms with Gasteiger partial charge in [0.15, 0.2) is 0 Å². The molecule has 1 atom stereocenters. The van der Waals surface area contributed by atoms with E-state index in [1.165, 1.54) is 0 Å². The minimum Gasteiger partial charge on any atom is -0.341 e. The molecular weight excluding hydrogens is 366 g/mol. The van der Waals surface area contributed by atoms with Gasteiger partial charge in [-0.25, -0.2) is 0 Å². The van der Waals surface area contributed by atoms with Crippen molar-refractivity contribution in [2.24, 2.45) is 0 Å². The van der Waals surface area contributed by atoms with Crippen molar-refractivity contribution in [3.8, 4) is 0 Å². The molecule has 22 heavy (non-hydrogen) atoms. The fourth-order valence-electron chi connectivity index (χ4n) is 3.20.